The SMILES string of the molecule is C=CC(F)(F)c1c(C)cc2[nH]ncc2c1-c1nccc2c1sc1nc(OC[C@@]34CCCN3C[C@H](F)C4)nc(N3CCOC[C@@](C)(O)C3)c12. The molecule has 252 valence electrons. The van der Waals surface area contributed by atoms with E-state index in [0.717, 1.165) is 24.8 Å². The molecule has 2 N–H and O–H groups in total. The largest absolute Gasteiger partial charge is 0.461 e. The number of halogens is 3. The van der Waals surface area contributed by atoms with Crippen LogP contribution in [0, 0.1) is 6.92 Å². The lowest BCUT2D eigenvalue weighted by Crippen LogP contribution is -2.43. The maximum atomic E-state index is 15.7. The highest BCUT2D eigenvalue weighted by molar-refractivity contribution is 7.26. The Morgan fingerprint density at radius 3 is 2.98 bits per heavy atom. The van der Waals surface area contributed by atoms with E-state index in [4.69, 9.17) is 24.4 Å². The second-order valence-corrected chi connectivity index (χ2v) is 14.6. The molecule has 1 aromatic carbocycles. The lowest BCUT2D eigenvalue weighted by atomic mass is 9.91. The topological polar surface area (TPSA) is 113 Å². The van der Waals surface area contributed by atoms with Gasteiger partial charge in [0.15, 0.2) is 0 Å². The zero-order valence-electron chi connectivity index (χ0n) is 26.7. The highest BCUT2D eigenvalue weighted by Gasteiger charge is 2.49. The second-order valence-electron chi connectivity index (χ2n) is 13.6. The van der Waals surface area contributed by atoms with Crippen molar-refractivity contribution in [3.8, 4) is 17.3 Å². The minimum atomic E-state index is -3.35. The summed E-state index contributed by atoms with van der Waals surface area (Å²) in [5.41, 5.74) is -0.140. The van der Waals surface area contributed by atoms with Gasteiger partial charge in [-0.3, -0.25) is 15.0 Å². The number of hydrogen-bond acceptors (Lipinski definition) is 10. The fraction of sp³-hybridized carbons (Fsp3) is 0.471. The van der Waals surface area contributed by atoms with Gasteiger partial charge in [0, 0.05) is 47.6 Å². The predicted molar refractivity (Wildman–Crippen MR) is 179 cm³/mol. The number of aromatic nitrogens is 5. The zero-order chi connectivity index (χ0) is 33.4. The minimum absolute atomic E-state index is 0.138. The van der Waals surface area contributed by atoms with Gasteiger partial charge in [-0.1, -0.05) is 6.58 Å². The number of aliphatic hydroxyl groups is 1. The average Bonchev–Trinajstić information content (AvgIpc) is 3.79. The number of allylic oxidation sites excluding steroid dienone is 1. The van der Waals surface area contributed by atoms with Crippen molar-refractivity contribution >= 4 is 48.4 Å². The first-order chi connectivity index (χ1) is 23.0. The molecule has 0 aliphatic carbocycles. The number of pyridine rings is 1. The number of hydrogen-bond donors (Lipinski definition) is 2. The van der Waals surface area contributed by atoms with E-state index in [9.17, 15) is 9.50 Å². The van der Waals surface area contributed by atoms with Crippen LogP contribution in [0.1, 0.15) is 37.3 Å². The molecule has 8 rings (SSSR count). The van der Waals surface area contributed by atoms with Gasteiger partial charge in [0.1, 0.15) is 29.0 Å². The Morgan fingerprint density at radius 1 is 1.29 bits per heavy atom. The fourth-order valence-electron chi connectivity index (χ4n) is 7.87. The fourth-order valence-corrected chi connectivity index (χ4v) is 9.02. The number of nitrogens with one attached hydrogen (secondary N) is 1. The summed E-state index contributed by atoms with van der Waals surface area (Å²) >= 11 is 1.31. The summed E-state index contributed by atoms with van der Waals surface area (Å²) in [6.07, 6.45) is 5.11. The summed E-state index contributed by atoms with van der Waals surface area (Å²) < 4.78 is 58.5. The van der Waals surface area contributed by atoms with E-state index in [1.54, 1.807) is 26.1 Å². The molecule has 3 fully saturated rings. The summed E-state index contributed by atoms with van der Waals surface area (Å²) in [5.74, 6) is -2.81. The van der Waals surface area contributed by atoms with Crippen molar-refractivity contribution in [3.63, 3.8) is 0 Å². The molecular weight excluding hydrogens is 643 g/mol. The number of aryl methyl sites for hydroxylation is 1. The van der Waals surface area contributed by atoms with Gasteiger partial charge in [-0.05, 0) is 57.0 Å². The van der Waals surface area contributed by atoms with E-state index in [1.807, 2.05) is 11.0 Å². The molecule has 3 aliphatic rings. The van der Waals surface area contributed by atoms with E-state index in [1.165, 1.54) is 17.5 Å². The van der Waals surface area contributed by atoms with Crippen LogP contribution in [0.25, 0.3) is 42.5 Å². The minimum Gasteiger partial charge on any atom is -0.461 e. The molecular formula is C34H36F3N7O3S. The summed E-state index contributed by atoms with van der Waals surface area (Å²) in [4.78, 5) is 19.2. The number of ether oxygens (including phenoxy) is 2. The molecule has 0 spiro atoms. The number of benzene rings is 1. The molecule has 48 heavy (non-hydrogen) atoms. The quantitative estimate of drug-likeness (QED) is 0.203. The maximum Gasteiger partial charge on any atom is 0.319 e. The number of thiophene rings is 1. The molecule has 0 amide bonds. The van der Waals surface area contributed by atoms with Crippen molar-refractivity contribution in [3.05, 3.63) is 48.3 Å². The molecule has 4 aromatic heterocycles. The van der Waals surface area contributed by atoms with E-state index >= 15 is 8.78 Å². The molecule has 0 saturated carbocycles. The molecule has 3 atom stereocenters. The van der Waals surface area contributed by atoms with E-state index in [0.29, 0.717) is 75.1 Å². The Morgan fingerprint density at radius 2 is 2.15 bits per heavy atom. The summed E-state index contributed by atoms with van der Waals surface area (Å²) in [7, 11) is 0. The monoisotopic (exact) mass is 679 g/mol. The third-order valence-corrected chi connectivity index (χ3v) is 11.1. The maximum absolute atomic E-state index is 15.7. The van der Waals surface area contributed by atoms with Crippen molar-refractivity contribution in [1.82, 2.24) is 30.0 Å². The van der Waals surface area contributed by atoms with Gasteiger partial charge in [-0.2, -0.15) is 23.8 Å². The van der Waals surface area contributed by atoms with Crippen LogP contribution in [0.2, 0.25) is 0 Å². The van der Waals surface area contributed by atoms with Crippen LogP contribution in [-0.2, 0) is 10.7 Å². The van der Waals surface area contributed by atoms with Crippen LogP contribution in [-0.4, -0.2) is 98.5 Å². The zero-order valence-corrected chi connectivity index (χ0v) is 27.5. The van der Waals surface area contributed by atoms with Gasteiger partial charge in [0.25, 0.3) is 5.92 Å². The van der Waals surface area contributed by atoms with Gasteiger partial charge in [0.2, 0.25) is 0 Å². The smallest absolute Gasteiger partial charge is 0.319 e. The number of alkyl halides is 3. The number of anilines is 1. The third-order valence-electron chi connectivity index (χ3n) is 9.96. The van der Waals surface area contributed by atoms with Crippen LogP contribution in [0.4, 0.5) is 19.0 Å². The lowest BCUT2D eigenvalue weighted by molar-refractivity contribution is -0.0123. The first-order valence-corrected chi connectivity index (χ1v) is 17.0. The molecule has 3 aliphatic heterocycles. The molecule has 14 heteroatoms. The number of β-amino-alcohol motifs (C(OH)–C–C–N with tert-alkyl or cyclic N) is 1. The summed E-state index contributed by atoms with van der Waals surface area (Å²) in [6.45, 7) is 9.48. The normalized spacial score (nSPS) is 25.3. The first kappa shape index (κ1) is 31.4. The van der Waals surface area contributed by atoms with Crippen LogP contribution in [0.15, 0.2) is 37.2 Å². The van der Waals surface area contributed by atoms with E-state index < -0.39 is 23.2 Å². The summed E-state index contributed by atoms with van der Waals surface area (Å²) in [5, 5.41) is 20.1. The Labute approximate surface area is 278 Å². The third kappa shape index (κ3) is 5.11. The molecule has 0 unspecified atom stereocenters. The molecule has 3 saturated heterocycles. The van der Waals surface area contributed by atoms with Crippen LogP contribution in [0.3, 0.4) is 0 Å². The highest BCUT2D eigenvalue weighted by atomic mass is 32.1. The number of aromatic amines is 1. The Hall–Kier alpha value is -3.85. The van der Waals surface area contributed by atoms with Crippen molar-refractivity contribution in [2.75, 3.05) is 50.9 Å². The molecule has 0 radical (unpaired) electrons. The second kappa shape index (κ2) is 11.4. The standard InChI is InChI=1S/C34H36F3N7O3S/c1-4-34(36,37)26-19(2)12-23-22(14-39-42-23)24(26)27-28-21(6-8-38-27)25-29(43-10-11-46-17-32(3,45)16-43)40-31(41-30(25)48-28)47-18-33-7-5-9-44(33)15-20(35)13-33/h4,6,8,12,14,20,45H,1,5,7,9-11,13,15-18H2,2-3H3,(H,39,42)/t20-,32+,33+/m1/s1. The lowest BCUT2D eigenvalue weighted by Gasteiger charge is -2.31. The van der Waals surface area contributed by atoms with Crippen molar-refractivity contribution in [2.24, 2.45) is 0 Å². The van der Waals surface area contributed by atoms with Crippen LogP contribution < -0.4 is 9.64 Å². The number of H-pyrrole nitrogens is 1. The average molecular weight is 680 g/mol. The highest BCUT2D eigenvalue weighted by Crippen LogP contribution is 2.48. The van der Waals surface area contributed by atoms with Crippen molar-refractivity contribution < 1.29 is 27.8 Å². The number of fused-ring (bicyclic) bond motifs is 5. The number of rotatable bonds is 7. The van der Waals surface area contributed by atoms with Crippen molar-refractivity contribution in [2.45, 2.75) is 56.3 Å². The van der Waals surface area contributed by atoms with Crippen molar-refractivity contribution in [1.29, 1.82) is 0 Å². The van der Waals surface area contributed by atoms with Gasteiger partial charge >= 0.3 is 6.01 Å². The molecule has 10 nitrogen and oxygen atoms in total. The Balaban J connectivity index is 1.33. The van der Waals surface area contributed by atoms with Gasteiger partial charge < -0.3 is 19.5 Å². The van der Waals surface area contributed by atoms with Gasteiger partial charge in [0.05, 0.1) is 52.8 Å². The van der Waals surface area contributed by atoms with Gasteiger partial charge in [-0.15, -0.1) is 11.3 Å². The predicted octanol–water partition coefficient (Wildman–Crippen LogP) is 5.91. The molecule has 7 heterocycles. The molecule has 0 bridgehead atoms. The first-order valence-electron chi connectivity index (χ1n) is 16.1. The van der Waals surface area contributed by atoms with E-state index in [-0.39, 0.29) is 36.9 Å². The van der Waals surface area contributed by atoms with Gasteiger partial charge in [-0.25, -0.2) is 4.39 Å². The van der Waals surface area contributed by atoms with Crippen LogP contribution in [0.5, 0.6) is 6.01 Å². The Bertz CT molecular complexity index is 2070. The van der Waals surface area contributed by atoms with Crippen LogP contribution >= 0.6 is 11.3 Å². The number of nitrogens with zero attached hydrogens (tertiary/aromatic N) is 6. The summed E-state index contributed by atoms with van der Waals surface area (Å²) in [6, 6.07) is 3.63. The Kier molecular flexibility index (Phi) is 7.44. The van der Waals surface area contributed by atoms with E-state index in [2.05, 4.69) is 21.7 Å². The molecule has 5 aromatic rings.